The molecule has 0 atom stereocenters. The smallest absolute Gasteiger partial charge is 0.141 e. The van der Waals surface area contributed by atoms with Crippen LogP contribution in [0.15, 0.2) is 23.7 Å². The van der Waals surface area contributed by atoms with Crippen LogP contribution in [0.5, 0.6) is 5.75 Å². The summed E-state index contributed by atoms with van der Waals surface area (Å²) in [6, 6.07) is 3.34. The molecule has 0 fully saturated rings. The molecule has 1 aromatic rings. The van der Waals surface area contributed by atoms with Gasteiger partial charge in [-0.15, -0.1) is 0 Å². The molecule has 0 aliphatic carbocycles. The maximum Gasteiger partial charge on any atom is 0.141 e. The first-order valence-corrected chi connectivity index (χ1v) is 3.87. The third-order valence-corrected chi connectivity index (χ3v) is 1.83. The standard InChI is InChI=1S/C10H12N2O/c1-4-7-8(11-2)5-6-9(13)10(7)12-3/h4-6,11,13H,1,3H2,2H3. The minimum Gasteiger partial charge on any atom is -0.506 e. The largest absolute Gasteiger partial charge is 0.506 e. The number of hydrogen-bond acceptors (Lipinski definition) is 3. The molecule has 0 aliphatic rings. The fraction of sp³-hybridized carbons (Fsp3) is 0.100. The van der Waals surface area contributed by atoms with Gasteiger partial charge in [0.25, 0.3) is 0 Å². The zero-order chi connectivity index (χ0) is 9.84. The zero-order valence-corrected chi connectivity index (χ0v) is 7.54. The number of aromatic hydroxyl groups is 1. The van der Waals surface area contributed by atoms with Gasteiger partial charge in [0.1, 0.15) is 11.4 Å². The Kier molecular flexibility index (Phi) is 2.69. The maximum atomic E-state index is 9.43. The van der Waals surface area contributed by atoms with E-state index in [1.807, 2.05) is 0 Å². The quantitative estimate of drug-likeness (QED) is 0.548. The second-order valence-electron chi connectivity index (χ2n) is 2.51. The highest BCUT2D eigenvalue weighted by molar-refractivity contribution is 5.80. The van der Waals surface area contributed by atoms with Crippen molar-refractivity contribution >= 4 is 24.2 Å². The molecule has 0 saturated heterocycles. The number of phenolic OH excluding ortho intramolecular Hbond substituents is 1. The number of aliphatic imine (C=N–C) groups is 1. The highest BCUT2D eigenvalue weighted by Crippen LogP contribution is 2.35. The van der Waals surface area contributed by atoms with Gasteiger partial charge in [0.15, 0.2) is 0 Å². The number of nitrogens with zero attached hydrogens (tertiary/aromatic N) is 1. The Morgan fingerprint density at radius 1 is 1.54 bits per heavy atom. The molecule has 0 radical (unpaired) electrons. The summed E-state index contributed by atoms with van der Waals surface area (Å²) in [5.74, 6) is 0.115. The summed E-state index contributed by atoms with van der Waals surface area (Å²) in [6.07, 6.45) is 1.63. The predicted octanol–water partition coefficient (Wildman–Crippen LogP) is 2.41. The molecule has 0 unspecified atom stereocenters. The van der Waals surface area contributed by atoms with Crippen molar-refractivity contribution in [1.29, 1.82) is 0 Å². The Hall–Kier alpha value is -1.77. The van der Waals surface area contributed by atoms with E-state index in [-0.39, 0.29) is 5.75 Å². The molecule has 0 heterocycles. The first kappa shape index (κ1) is 9.32. The van der Waals surface area contributed by atoms with Crippen molar-refractivity contribution in [2.45, 2.75) is 0 Å². The van der Waals surface area contributed by atoms with Crippen LogP contribution in [0.1, 0.15) is 5.56 Å². The van der Waals surface area contributed by atoms with Gasteiger partial charge in [0, 0.05) is 18.3 Å². The van der Waals surface area contributed by atoms with Crippen molar-refractivity contribution in [2.75, 3.05) is 12.4 Å². The number of anilines is 1. The van der Waals surface area contributed by atoms with E-state index in [0.29, 0.717) is 5.69 Å². The lowest BCUT2D eigenvalue weighted by molar-refractivity contribution is 0.477. The van der Waals surface area contributed by atoms with Gasteiger partial charge in [-0.2, -0.15) is 0 Å². The lowest BCUT2D eigenvalue weighted by atomic mass is 10.1. The van der Waals surface area contributed by atoms with Gasteiger partial charge >= 0.3 is 0 Å². The van der Waals surface area contributed by atoms with E-state index >= 15 is 0 Å². The Balaban J connectivity index is 3.44. The van der Waals surface area contributed by atoms with Crippen molar-refractivity contribution in [3.8, 4) is 5.75 Å². The highest BCUT2D eigenvalue weighted by atomic mass is 16.3. The molecular formula is C10H12N2O. The number of hydrogen-bond donors (Lipinski definition) is 2. The van der Waals surface area contributed by atoms with Gasteiger partial charge in [-0.1, -0.05) is 12.7 Å². The lowest BCUT2D eigenvalue weighted by Crippen LogP contribution is -1.91. The van der Waals surface area contributed by atoms with Crippen molar-refractivity contribution in [3.05, 3.63) is 24.3 Å². The van der Waals surface area contributed by atoms with Crippen LogP contribution >= 0.6 is 0 Å². The Labute approximate surface area is 77.4 Å². The normalized spacial score (nSPS) is 9.31. The van der Waals surface area contributed by atoms with Crippen molar-refractivity contribution in [3.63, 3.8) is 0 Å². The zero-order valence-electron chi connectivity index (χ0n) is 7.54. The van der Waals surface area contributed by atoms with Gasteiger partial charge in [0.2, 0.25) is 0 Å². The third-order valence-electron chi connectivity index (χ3n) is 1.83. The molecule has 0 saturated carbocycles. The van der Waals surface area contributed by atoms with Crippen molar-refractivity contribution < 1.29 is 5.11 Å². The molecular weight excluding hydrogens is 164 g/mol. The van der Waals surface area contributed by atoms with Gasteiger partial charge < -0.3 is 10.4 Å². The topological polar surface area (TPSA) is 44.6 Å². The minimum absolute atomic E-state index is 0.115. The van der Waals surface area contributed by atoms with Crippen LogP contribution in [-0.2, 0) is 0 Å². The van der Waals surface area contributed by atoms with Gasteiger partial charge in [0.05, 0.1) is 0 Å². The van der Waals surface area contributed by atoms with E-state index in [0.717, 1.165) is 11.3 Å². The molecule has 0 bridgehead atoms. The minimum atomic E-state index is 0.115. The van der Waals surface area contributed by atoms with Gasteiger partial charge in [-0.05, 0) is 18.9 Å². The van der Waals surface area contributed by atoms with Crippen LogP contribution in [0.2, 0.25) is 0 Å². The average molecular weight is 176 g/mol. The van der Waals surface area contributed by atoms with Gasteiger partial charge in [-0.3, -0.25) is 4.99 Å². The summed E-state index contributed by atoms with van der Waals surface area (Å²) in [6.45, 7) is 7.04. The molecule has 3 nitrogen and oxygen atoms in total. The Bertz CT molecular complexity index is 345. The summed E-state index contributed by atoms with van der Waals surface area (Å²) in [4.78, 5) is 3.74. The molecule has 0 amide bonds. The van der Waals surface area contributed by atoms with Crippen molar-refractivity contribution in [1.82, 2.24) is 0 Å². The monoisotopic (exact) mass is 176 g/mol. The highest BCUT2D eigenvalue weighted by Gasteiger charge is 2.07. The fourth-order valence-electron chi connectivity index (χ4n) is 1.19. The van der Waals surface area contributed by atoms with E-state index < -0.39 is 0 Å². The van der Waals surface area contributed by atoms with E-state index in [1.54, 1.807) is 25.3 Å². The van der Waals surface area contributed by atoms with Crippen LogP contribution < -0.4 is 5.32 Å². The van der Waals surface area contributed by atoms with Crippen LogP contribution in [-0.4, -0.2) is 18.9 Å². The number of benzene rings is 1. The van der Waals surface area contributed by atoms with Crippen LogP contribution in [0, 0.1) is 0 Å². The third kappa shape index (κ3) is 1.54. The van der Waals surface area contributed by atoms with Crippen LogP contribution in [0.25, 0.3) is 6.08 Å². The number of nitrogens with one attached hydrogen (secondary N) is 1. The second kappa shape index (κ2) is 3.76. The van der Waals surface area contributed by atoms with E-state index in [4.69, 9.17) is 0 Å². The molecule has 0 aromatic heterocycles. The molecule has 0 aliphatic heterocycles. The molecule has 3 heteroatoms. The molecule has 1 aromatic carbocycles. The molecule has 13 heavy (non-hydrogen) atoms. The SMILES string of the molecule is C=Cc1c(NC)ccc(O)c1N=C. The van der Waals surface area contributed by atoms with E-state index in [9.17, 15) is 5.11 Å². The molecule has 1 rings (SSSR count). The van der Waals surface area contributed by atoms with Crippen LogP contribution in [0.4, 0.5) is 11.4 Å². The summed E-state index contributed by atoms with van der Waals surface area (Å²) in [5, 5.41) is 12.4. The van der Waals surface area contributed by atoms with E-state index in [1.165, 1.54) is 0 Å². The lowest BCUT2D eigenvalue weighted by Gasteiger charge is -2.09. The summed E-state index contributed by atoms with van der Waals surface area (Å²) < 4.78 is 0. The first-order valence-electron chi connectivity index (χ1n) is 3.87. The number of rotatable bonds is 3. The maximum absolute atomic E-state index is 9.43. The van der Waals surface area contributed by atoms with Gasteiger partial charge in [-0.25, -0.2) is 0 Å². The van der Waals surface area contributed by atoms with Crippen molar-refractivity contribution in [2.24, 2.45) is 4.99 Å². The molecule has 2 N–H and O–H groups in total. The summed E-state index contributed by atoms with van der Waals surface area (Å²) in [7, 11) is 1.80. The summed E-state index contributed by atoms with van der Waals surface area (Å²) in [5.41, 5.74) is 2.09. The second-order valence-corrected chi connectivity index (χ2v) is 2.51. The Morgan fingerprint density at radius 3 is 2.69 bits per heavy atom. The number of phenols is 1. The predicted molar refractivity (Wildman–Crippen MR) is 57.0 cm³/mol. The summed E-state index contributed by atoms with van der Waals surface area (Å²) >= 11 is 0. The molecule has 0 spiro atoms. The Morgan fingerprint density at radius 2 is 2.23 bits per heavy atom. The van der Waals surface area contributed by atoms with E-state index in [2.05, 4.69) is 23.6 Å². The molecule has 68 valence electrons. The fourth-order valence-corrected chi connectivity index (χ4v) is 1.19. The average Bonchev–Trinajstić information content (AvgIpc) is 2.17. The first-order chi connectivity index (χ1) is 6.24. The van der Waals surface area contributed by atoms with Crippen LogP contribution in [0.3, 0.4) is 0 Å².